The Morgan fingerprint density at radius 1 is 0.472 bits per heavy atom. The van der Waals surface area contributed by atoms with Crippen molar-refractivity contribution in [3.05, 3.63) is 83.4 Å². The lowest BCUT2D eigenvalue weighted by Crippen LogP contribution is -2.48. The Morgan fingerprint density at radius 2 is 0.876 bits per heavy atom. The predicted molar refractivity (Wildman–Crippen MR) is 314 cm³/mol. The Morgan fingerprint density at radius 3 is 1.29 bits per heavy atom. The van der Waals surface area contributed by atoms with Crippen LogP contribution in [0.3, 0.4) is 0 Å². The fraction of sp³-hybridized carbons (Fsp3) is 0.136. The summed E-state index contributed by atoms with van der Waals surface area (Å²) in [5.41, 5.74) is 7.78. The summed E-state index contributed by atoms with van der Waals surface area (Å²) in [6.45, 7) is 2.15. The highest BCUT2D eigenvalue weighted by Gasteiger charge is 2.29. The zero-order chi connectivity index (χ0) is 65.1. The smallest absolute Gasteiger partial charge is 0.296 e. The lowest BCUT2D eigenvalue weighted by atomic mass is 10.1. The standard InChI is InChI=1S/C44H39Cl2N17O20S6/c45-39-52-41(56-42(53-39)50-21-1-3-29(86(72,73)74)25(15-21)58-60-37-31(88(78,79)80)13-19-11-23(84(66,67)68)17-27(64)33(19)35(37)47)49-5-6-62-7-9-63(10-8-62)44-55-40(46)54-43(57-44)51-22-2-4-30(87(75,76)77)26(16-22)59-61-38-32(89(81,82)83)14-20-12-24(85(69,70)71)18-28(65)34(20)36(38)48/h1-4,11-18,64-65H,5-10,47-48H2,(H,66,67,68)(H,69,70,71)(H,72,73,74)(H,75,76,77)(H,78,79,80)(H,81,82,83)(H,51,54,55,57)(H2,49,50,52,53,56). The van der Waals surface area contributed by atoms with E-state index in [1.54, 1.807) is 4.90 Å². The minimum Gasteiger partial charge on any atom is -0.507 e. The van der Waals surface area contributed by atoms with E-state index >= 15 is 0 Å². The molecule has 9 rings (SSSR count). The van der Waals surface area contributed by atoms with E-state index in [-0.39, 0.29) is 52.3 Å². The van der Waals surface area contributed by atoms with Crippen molar-refractivity contribution >= 4 is 175 Å². The maximum atomic E-state index is 12.5. The summed E-state index contributed by atoms with van der Waals surface area (Å²) in [5, 5.41) is 42.6. The number of fused-ring (bicyclic) bond motifs is 2. The highest BCUT2D eigenvalue weighted by Crippen LogP contribution is 2.46. The number of hydrogen-bond donors (Lipinski definition) is 13. The molecule has 0 radical (unpaired) electrons. The second kappa shape index (κ2) is 24.1. The first-order chi connectivity index (χ1) is 41.3. The van der Waals surface area contributed by atoms with E-state index in [1.807, 2.05) is 4.90 Å². The quantitative estimate of drug-likeness (QED) is 0.0278. The lowest BCUT2D eigenvalue weighted by molar-refractivity contribution is 0.266. The van der Waals surface area contributed by atoms with Gasteiger partial charge in [-0.3, -0.25) is 32.2 Å². The Labute approximate surface area is 510 Å². The lowest BCUT2D eigenvalue weighted by Gasteiger charge is -2.34. The molecular formula is C44H39Cl2N17O20S6. The minimum atomic E-state index is -5.28. The highest BCUT2D eigenvalue weighted by atomic mass is 35.5. The molecule has 15 N–H and O–H groups in total. The van der Waals surface area contributed by atoms with Crippen molar-refractivity contribution in [1.29, 1.82) is 0 Å². The molecule has 0 atom stereocenters. The Balaban J connectivity index is 0.866. The van der Waals surface area contributed by atoms with Gasteiger partial charge in [-0.25, -0.2) is 0 Å². The molecule has 470 valence electrons. The molecule has 0 aliphatic carbocycles. The molecule has 8 aromatic rings. The van der Waals surface area contributed by atoms with Crippen LogP contribution >= 0.6 is 23.2 Å². The molecule has 37 nitrogen and oxygen atoms in total. The normalized spacial score (nSPS) is 14.1. The van der Waals surface area contributed by atoms with Crippen LogP contribution in [0.15, 0.2) is 123 Å². The summed E-state index contributed by atoms with van der Waals surface area (Å²) in [4.78, 5) is 23.2. The second-order valence-corrected chi connectivity index (χ2v) is 27.5. The maximum absolute atomic E-state index is 12.5. The van der Waals surface area contributed by atoms with E-state index in [4.69, 9.17) is 34.7 Å². The third-order valence-corrected chi connectivity index (χ3v) is 18.1. The fourth-order valence-electron chi connectivity index (χ4n) is 8.65. The number of nitrogen functional groups attached to an aromatic ring is 2. The Kier molecular flexibility index (Phi) is 17.6. The van der Waals surface area contributed by atoms with Gasteiger partial charge in [0.2, 0.25) is 34.4 Å². The van der Waals surface area contributed by atoms with Gasteiger partial charge in [-0.15, -0.1) is 20.5 Å². The number of halogens is 2. The maximum Gasteiger partial charge on any atom is 0.296 e. The number of anilines is 8. The molecular weight excluding hydrogens is 1350 g/mol. The molecule has 45 heteroatoms. The SMILES string of the molecule is Nc1c(N=Nc2cc(Nc3nc(Cl)nc(NCCN4CCN(c5nc(Cl)nc(Nc6ccc(S(=O)(=O)O)c(N=Nc7c(S(=O)(=O)O)cc8cc(S(=O)(=O)O)cc(O)c8c7N)c6)n5)CC4)n3)ccc2S(=O)(=O)O)c(S(=O)(=O)O)cc2cc(S(=O)(=O)O)cc(O)c12. The highest BCUT2D eigenvalue weighted by molar-refractivity contribution is 7.87. The second-order valence-electron chi connectivity index (χ2n) is 18.5. The van der Waals surface area contributed by atoms with Crippen LogP contribution in [-0.4, -0.2) is 162 Å². The number of nitrogens with two attached hydrogens (primary N) is 2. The molecule has 0 unspecified atom stereocenters. The number of hydrogen-bond acceptors (Lipinski definition) is 31. The molecule has 1 aliphatic heterocycles. The zero-order valence-corrected chi connectivity index (χ0v) is 50.3. The molecule has 1 aliphatic rings. The molecule has 0 amide bonds. The van der Waals surface area contributed by atoms with E-state index in [2.05, 4.69) is 66.3 Å². The van der Waals surface area contributed by atoms with Crippen LogP contribution in [-0.2, 0) is 60.7 Å². The zero-order valence-electron chi connectivity index (χ0n) is 43.9. The average molecular weight is 1390 g/mol. The molecule has 3 heterocycles. The summed E-state index contributed by atoms with van der Waals surface area (Å²) in [6, 6.07) is 10.0. The number of phenols is 2. The molecule has 0 bridgehead atoms. The predicted octanol–water partition coefficient (Wildman–Crippen LogP) is 5.28. The number of phenolic OH excluding ortho intramolecular Hbond substituents is 2. The van der Waals surface area contributed by atoms with Gasteiger partial charge in [0.25, 0.3) is 60.7 Å². The van der Waals surface area contributed by atoms with Crippen LogP contribution in [0.2, 0.25) is 10.6 Å². The first kappa shape index (κ1) is 64.9. The van der Waals surface area contributed by atoms with Crippen LogP contribution < -0.4 is 32.3 Å². The largest absolute Gasteiger partial charge is 0.507 e. The van der Waals surface area contributed by atoms with Crippen molar-refractivity contribution in [2.75, 3.05) is 71.6 Å². The van der Waals surface area contributed by atoms with E-state index in [9.17, 15) is 88.0 Å². The number of piperazine rings is 1. The first-order valence-corrected chi connectivity index (χ1v) is 33.4. The summed E-state index contributed by atoms with van der Waals surface area (Å²) in [6.07, 6.45) is 0. The van der Waals surface area contributed by atoms with Crippen molar-refractivity contribution in [2.45, 2.75) is 29.4 Å². The van der Waals surface area contributed by atoms with E-state index in [0.29, 0.717) is 57.0 Å². The number of aromatic nitrogens is 6. The number of nitrogens with zero attached hydrogens (tertiary/aromatic N) is 12. The van der Waals surface area contributed by atoms with Crippen molar-refractivity contribution in [2.24, 2.45) is 20.5 Å². The van der Waals surface area contributed by atoms with Gasteiger partial charge in [0, 0.05) is 73.5 Å². The molecule has 0 saturated carbocycles. The Bertz CT molecular complexity index is 5070. The van der Waals surface area contributed by atoms with Crippen LogP contribution in [0.4, 0.5) is 69.3 Å². The molecule has 2 aromatic heterocycles. The van der Waals surface area contributed by atoms with Crippen LogP contribution in [0.5, 0.6) is 11.5 Å². The van der Waals surface area contributed by atoms with Gasteiger partial charge < -0.3 is 42.5 Å². The van der Waals surface area contributed by atoms with E-state index in [0.717, 1.165) is 48.5 Å². The van der Waals surface area contributed by atoms with Crippen LogP contribution in [0.1, 0.15) is 0 Å². The first-order valence-electron chi connectivity index (χ1n) is 24.0. The summed E-state index contributed by atoms with van der Waals surface area (Å²) < 4.78 is 206. The van der Waals surface area contributed by atoms with Crippen LogP contribution in [0.25, 0.3) is 21.5 Å². The number of nitrogens with one attached hydrogen (secondary N) is 3. The molecule has 1 fully saturated rings. The number of aromatic hydroxyl groups is 2. The van der Waals surface area contributed by atoms with Gasteiger partial charge >= 0.3 is 0 Å². The van der Waals surface area contributed by atoms with E-state index in [1.165, 1.54) is 0 Å². The number of rotatable bonds is 19. The number of benzene rings is 6. The minimum absolute atomic E-state index is 0.0149. The van der Waals surface area contributed by atoms with Gasteiger partial charge in [0.15, 0.2) is 0 Å². The third-order valence-electron chi connectivity index (χ3n) is 12.6. The average Bonchev–Trinajstić information content (AvgIpc) is 0.856. The summed E-state index contributed by atoms with van der Waals surface area (Å²) in [7, 11) is -30.6. The molecule has 0 spiro atoms. The van der Waals surface area contributed by atoms with Gasteiger partial charge in [0.05, 0.1) is 21.2 Å². The molecule has 89 heavy (non-hydrogen) atoms. The molecule has 6 aromatic carbocycles. The van der Waals surface area contributed by atoms with Gasteiger partial charge in [0.1, 0.15) is 53.8 Å². The van der Waals surface area contributed by atoms with Crippen molar-refractivity contribution < 1.29 is 88.0 Å². The third kappa shape index (κ3) is 14.8. The Hall–Kier alpha value is -8.54. The van der Waals surface area contributed by atoms with Gasteiger partial charge in [-0.2, -0.15) is 80.4 Å². The monoisotopic (exact) mass is 1390 g/mol. The summed E-state index contributed by atoms with van der Waals surface area (Å²) in [5.74, 6) is -2.10. The molecule has 1 saturated heterocycles. The topological polar surface area (TPSA) is 588 Å². The van der Waals surface area contributed by atoms with Crippen molar-refractivity contribution in [3.8, 4) is 11.5 Å². The van der Waals surface area contributed by atoms with Crippen molar-refractivity contribution in [1.82, 2.24) is 34.8 Å². The van der Waals surface area contributed by atoms with Crippen molar-refractivity contribution in [3.63, 3.8) is 0 Å². The van der Waals surface area contributed by atoms with Gasteiger partial charge in [-0.05, 0) is 94.6 Å². The van der Waals surface area contributed by atoms with E-state index < -0.39 is 157 Å². The fourth-order valence-corrected chi connectivity index (χ4v) is 12.6. The van der Waals surface area contributed by atoms with Gasteiger partial charge in [-0.1, -0.05) is 0 Å². The summed E-state index contributed by atoms with van der Waals surface area (Å²) >= 11 is 12.5. The van der Waals surface area contributed by atoms with Crippen LogP contribution in [0, 0.1) is 0 Å². The number of azo groups is 2.